The van der Waals surface area contributed by atoms with Crippen molar-refractivity contribution in [2.24, 2.45) is 0 Å². The lowest BCUT2D eigenvalue weighted by atomic mass is 10.1. The highest BCUT2D eigenvalue weighted by Crippen LogP contribution is 2.18. The van der Waals surface area contributed by atoms with E-state index in [9.17, 15) is 0 Å². The number of pyridine rings is 2. The zero-order valence-corrected chi connectivity index (χ0v) is 12.4. The van der Waals surface area contributed by atoms with Gasteiger partial charge in [0.15, 0.2) is 0 Å². The van der Waals surface area contributed by atoms with Crippen LogP contribution in [0.25, 0.3) is 10.9 Å². The minimum Gasteiger partial charge on any atom is -0.487 e. The van der Waals surface area contributed by atoms with E-state index >= 15 is 0 Å². The molecule has 0 aliphatic heterocycles. The number of nitrogens with zero attached hydrogens (tertiary/aromatic N) is 2. The first-order chi connectivity index (χ1) is 9.86. The van der Waals surface area contributed by atoms with Crippen molar-refractivity contribution in [3.8, 4) is 5.75 Å². The molecule has 0 spiro atoms. The number of hydrogen-bond donors (Lipinski definition) is 0. The molecule has 20 heavy (non-hydrogen) atoms. The van der Waals surface area contributed by atoms with E-state index in [1.54, 1.807) is 12.4 Å². The van der Waals surface area contributed by atoms with Crippen LogP contribution in [0.1, 0.15) is 11.3 Å². The van der Waals surface area contributed by atoms with Crippen LogP contribution in [0.4, 0.5) is 0 Å². The standard InChI is InChI=1S/C16H13BrN2O/c17-9-14-6-7-15(10-19-14)20-11-13-4-1-3-12-5-2-8-18-16(12)13/h1-8,10H,9,11H2. The average molecular weight is 329 g/mol. The molecule has 2 aromatic heterocycles. The van der Waals surface area contributed by atoms with Crippen molar-refractivity contribution >= 4 is 26.8 Å². The van der Waals surface area contributed by atoms with Crippen LogP contribution in [0.15, 0.2) is 54.9 Å². The summed E-state index contributed by atoms with van der Waals surface area (Å²) in [6.07, 6.45) is 3.55. The van der Waals surface area contributed by atoms with Gasteiger partial charge in [0, 0.05) is 22.5 Å². The molecule has 0 aliphatic carbocycles. The first-order valence-corrected chi connectivity index (χ1v) is 7.45. The van der Waals surface area contributed by atoms with E-state index < -0.39 is 0 Å². The highest BCUT2D eigenvalue weighted by atomic mass is 79.9. The number of ether oxygens (including phenoxy) is 1. The molecule has 0 radical (unpaired) electrons. The van der Waals surface area contributed by atoms with E-state index in [1.807, 2.05) is 30.3 Å². The Labute approximate surface area is 125 Å². The van der Waals surface area contributed by atoms with Gasteiger partial charge in [-0.05, 0) is 18.2 Å². The molecule has 0 bridgehead atoms. The van der Waals surface area contributed by atoms with Crippen LogP contribution in [0.2, 0.25) is 0 Å². The monoisotopic (exact) mass is 328 g/mol. The fourth-order valence-corrected chi connectivity index (χ4v) is 2.35. The Bertz CT molecular complexity index is 708. The van der Waals surface area contributed by atoms with Crippen molar-refractivity contribution in [2.45, 2.75) is 11.9 Å². The molecule has 4 heteroatoms. The number of rotatable bonds is 4. The topological polar surface area (TPSA) is 35.0 Å². The van der Waals surface area contributed by atoms with Gasteiger partial charge in [-0.15, -0.1) is 0 Å². The summed E-state index contributed by atoms with van der Waals surface area (Å²) in [6.45, 7) is 0.490. The van der Waals surface area contributed by atoms with Crippen LogP contribution in [-0.4, -0.2) is 9.97 Å². The third-order valence-corrected chi connectivity index (χ3v) is 3.62. The predicted molar refractivity (Wildman–Crippen MR) is 82.9 cm³/mol. The normalized spacial score (nSPS) is 10.7. The Kier molecular flexibility index (Phi) is 3.92. The van der Waals surface area contributed by atoms with Gasteiger partial charge in [0.2, 0.25) is 0 Å². The molecule has 3 aromatic rings. The number of para-hydroxylation sites is 1. The van der Waals surface area contributed by atoms with E-state index in [0.29, 0.717) is 6.61 Å². The van der Waals surface area contributed by atoms with Gasteiger partial charge >= 0.3 is 0 Å². The fourth-order valence-electron chi connectivity index (χ4n) is 2.02. The second-order valence-electron chi connectivity index (χ2n) is 4.40. The second-order valence-corrected chi connectivity index (χ2v) is 4.96. The molecule has 100 valence electrons. The zero-order chi connectivity index (χ0) is 13.8. The number of fused-ring (bicyclic) bond motifs is 1. The Hall–Kier alpha value is -1.94. The maximum Gasteiger partial charge on any atom is 0.138 e. The van der Waals surface area contributed by atoms with Gasteiger partial charge < -0.3 is 4.74 Å². The van der Waals surface area contributed by atoms with Crippen LogP contribution in [0, 0.1) is 0 Å². The van der Waals surface area contributed by atoms with Crippen molar-refractivity contribution in [3.05, 3.63) is 66.1 Å². The van der Waals surface area contributed by atoms with Gasteiger partial charge in [-0.1, -0.05) is 40.2 Å². The lowest BCUT2D eigenvalue weighted by molar-refractivity contribution is 0.306. The quantitative estimate of drug-likeness (QED) is 0.676. The van der Waals surface area contributed by atoms with Crippen molar-refractivity contribution < 1.29 is 4.74 Å². The number of benzene rings is 1. The van der Waals surface area contributed by atoms with Gasteiger partial charge in [0.1, 0.15) is 12.4 Å². The summed E-state index contributed by atoms with van der Waals surface area (Å²) in [6, 6.07) is 14.0. The molecule has 3 rings (SSSR count). The fraction of sp³-hybridized carbons (Fsp3) is 0.125. The average Bonchev–Trinajstić information content (AvgIpc) is 2.53. The van der Waals surface area contributed by atoms with Crippen molar-refractivity contribution in [1.29, 1.82) is 0 Å². The molecule has 0 unspecified atom stereocenters. The summed E-state index contributed by atoms with van der Waals surface area (Å²) in [5.74, 6) is 0.766. The number of alkyl halides is 1. The largest absolute Gasteiger partial charge is 0.487 e. The zero-order valence-electron chi connectivity index (χ0n) is 10.8. The van der Waals surface area contributed by atoms with E-state index in [0.717, 1.165) is 33.2 Å². The molecule has 0 aliphatic rings. The number of aromatic nitrogens is 2. The Morgan fingerprint density at radius 2 is 1.90 bits per heavy atom. The van der Waals surface area contributed by atoms with Crippen LogP contribution in [0.3, 0.4) is 0 Å². The molecule has 1 aromatic carbocycles. The number of hydrogen-bond acceptors (Lipinski definition) is 3. The predicted octanol–water partition coefficient (Wildman–Crippen LogP) is 4.10. The number of halogens is 1. The van der Waals surface area contributed by atoms with Crippen molar-refractivity contribution in [1.82, 2.24) is 9.97 Å². The van der Waals surface area contributed by atoms with E-state index in [-0.39, 0.29) is 0 Å². The molecule has 0 atom stereocenters. The van der Waals surface area contributed by atoms with Crippen molar-refractivity contribution in [3.63, 3.8) is 0 Å². The highest BCUT2D eigenvalue weighted by molar-refractivity contribution is 9.08. The Morgan fingerprint density at radius 1 is 1.00 bits per heavy atom. The Morgan fingerprint density at radius 3 is 2.70 bits per heavy atom. The SMILES string of the molecule is BrCc1ccc(OCc2cccc3cccnc23)cn1. The molecule has 2 heterocycles. The van der Waals surface area contributed by atoms with E-state index in [1.165, 1.54) is 0 Å². The second kappa shape index (κ2) is 6.01. The van der Waals surface area contributed by atoms with Gasteiger partial charge in [-0.25, -0.2) is 0 Å². The third kappa shape index (κ3) is 2.80. The summed E-state index contributed by atoms with van der Waals surface area (Å²) in [4.78, 5) is 8.70. The molecule has 0 N–H and O–H groups in total. The summed E-state index contributed by atoms with van der Waals surface area (Å²) in [5, 5.41) is 1.88. The minimum absolute atomic E-state index is 0.490. The maximum atomic E-state index is 5.78. The van der Waals surface area contributed by atoms with Crippen LogP contribution in [-0.2, 0) is 11.9 Å². The lowest BCUT2D eigenvalue weighted by Gasteiger charge is -2.08. The van der Waals surface area contributed by atoms with E-state index in [2.05, 4.69) is 38.0 Å². The van der Waals surface area contributed by atoms with Crippen LogP contribution >= 0.6 is 15.9 Å². The molecule has 0 fully saturated rings. The van der Waals surface area contributed by atoms with E-state index in [4.69, 9.17) is 4.74 Å². The van der Waals surface area contributed by atoms with Gasteiger partial charge in [0.05, 0.1) is 17.4 Å². The first kappa shape index (κ1) is 13.1. The minimum atomic E-state index is 0.490. The van der Waals surface area contributed by atoms with Crippen LogP contribution in [0.5, 0.6) is 5.75 Å². The van der Waals surface area contributed by atoms with Gasteiger partial charge in [-0.2, -0.15) is 0 Å². The van der Waals surface area contributed by atoms with Crippen LogP contribution < -0.4 is 4.74 Å². The smallest absolute Gasteiger partial charge is 0.138 e. The lowest BCUT2D eigenvalue weighted by Crippen LogP contribution is -1.98. The summed E-state index contributed by atoms with van der Waals surface area (Å²) < 4.78 is 5.78. The summed E-state index contributed by atoms with van der Waals surface area (Å²) in [7, 11) is 0. The molecular formula is C16H13BrN2O. The molecule has 0 amide bonds. The van der Waals surface area contributed by atoms with Gasteiger partial charge in [-0.3, -0.25) is 9.97 Å². The van der Waals surface area contributed by atoms with Gasteiger partial charge in [0.25, 0.3) is 0 Å². The summed E-state index contributed by atoms with van der Waals surface area (Å²) >= 11 is 3.37. The molecule has 0 saturated carbocycles. The maximum absolute atomic E-state index is 5.78. The third-order valence-electron chi connectivity index (χ3n) is 3.05. The van der Waals surface area contributed by atoms with Crippen molar-refractivity contribution in [2.75, 3.05) is 0 Å². The molecule has 3 nitrogen and oxygen atoms in total. The Balaban J connectivity index is 1.79. The molecule has 0 saturated heterocycles. The summed E-state index contributed by atoms with van der Waals surface area (Å²) in [5.41, 5.74) is 3.05. The molecular weight excluding hydrogens is 316 g/mol. The highest BCUT2D eigenvalue weighted by Gasteiger charge is 2.03. The first-order valence-electron chi connectivity index (χ1n) is 6.33.